The summed E-state index contributed by atoms with van der Waals surface area (Å²) in [6, 6.07) is 0.403. The van der Waals surface area contributed by atoms with Gasteiger partial charge in [-0.3, -0.25) is 4.90 Å². The minimum absolute atomic E-state index is 0.180. The number of sulfonamides is 1. The van der Waals surface area contributed by atoms with Gasteiger partial charge < -0.3 is 5.73 Å². The molecule has 1 unspecified atom stereocenters. The summed E-state index contributed by atoms with van der Waals surface area (Å²) in [5.41, 5.74) is 5.80. The predicted octanol–water partition coefficient (Wildman–Crippen LogP) is 0.717. The molecule has 1 rings (SSSR count). The van der Waals surface area contributed by atoms with Crippen LogP contribution in [0.15, 0.2) is 0 Å². The highest BCUT2D eigenvalue weighted by molar-refractivity contribution is 7.89. The Morgan fingerprint density at radius 1 is 1.16 bits per heavy atom. The van der Waals surface area contributed by atoms with Gasteiger partial charge in [-0.25, -0.2) is 8.42 Å². The second-order valence-corrected chi connectivity index (χ2v) is 7.80. The van der Waals surface area contributed by atoms with Gasteiger partial charge in [0.15, 0.2) is 0 Å². The van der Waals surface area contributed by atoms with Crippen LogP contribution in [0, 0.1) is 5.92 Å². The number of nitrogens with zero attached hydrogens (tertiary/aromatic N) is 2. The minimum Gasteiger partial charge on any atom is -0.329 e. The third-order valence-electron chi connectivity index (χ3n) is 3.62. The number of hydrogen-bond donors (Lipinski definition) is 1. The van der Waals surface area contributed by atoms with Gasteiger partial charge in [-0.1, -0.05) is 27.2 Å². The quantitative estimate of drug-likeness (QED) is 0.750. The molecule has 1 heterocycles. The van der Waals surface area contributed by atoms with E-state index in [1.54, 1.807) is 4.31 Å². The van der Waals surface area contributed by atoms with Crippen molar-refractivity contribution in [2.45, 2.75) is 39.7 Å². The van der Waals surface area contributed by atoms with E-state index < -0.39 is 10.0 Å². The molecule has 0 bridgehead atoms. The van der Waals surface area contributed by atoms with Crippen LogP contribution in [0.2, 0.25) is 0 Å². The highest BCUT2D eigenvalue weighted by Gasteiger charge is 2.29. The summed E-state index contributed by atoms with van der Waals surface area (Å²) in [6.07, 6.45) is 2.21. The number of rotatable bonds is 7. The van der Waals surface area contributed by atoms with E-state index in [1.807, 2.05) is 13.8 Å². The average molecular weight is 291 g/mol. The summed E-state index contributed by atoms with van der Waals surface area (Å²) in [7, 11) is -3.08. The Hall–Kier alpha value is -0.170. The molecule has 1 saturated heterocycles. The van der Waals surface area contributed by atoms with Crippen LogP contribution >= 0.6 is 0 Å². The van der Waals surface area contributed by atoms with Crippen LogP contribution in [0.3, 0.4) is 0 Å². The van der Waals surface area contributed by atoms with Crippen molar-refractivity contribution in [3.63, 3.8) is 0 Å². The van der Waals surface area contributed by atoms with E-state index >= 15 is 0 Å². The van der Waals surface area contributed by atoms with Crippen molar-refractivity contribution >= 4 is 10.0 Å². The Morgan fingerprint density at radius 2 is 1.74 bits per heavy atom. The molecule has 0 aromatic heterocycles. The number of piperazine rings is 1. The van der Waals surface area contributed by atoms with Crippen molar-refractivity contribution in [2.24, 2.45) is 11.7 Å². The van der Waals surface area contributed by atoms with Gasteiger partial charge in [0.1, 0.15) is 0 Å². The molecule has 1 aliphatic heterocycles. The first kappa shape index (κ1) is 16.9. The van der Waals surface area contributed by atoms with Crippen LogP contribution < -0.4 is 5.73 Å². The molecule has 2 N–H and O–H groups in total. The third kappa shape index (κ3) is 5.02. The van der Waals surface area contributed by atoms with E-state index in [0.717, 1.165) is 25.9 Å². The van der Waals surface area contributed by atoms with E-state index in [2.05, 4.69) is 11.8 Å². The zero-order valence-electron chi connectivity index (χ0n) is 12.5. The molecule has 0 spiro atoms. The van der Waals surface area contributed by atoms with Gasteiger partial charge in [0.25, 0.3) is 0 Å². The first-order valence-electron chi connectivity index (χ1n) is 7.32. The molecule has 0 radical (unpaired) electrons. The first-order chi connectivity index (χ1) is 8.90. The molecule has 19 heavy (non-hydrogen) atoms. The highest BCUT2D eigenvalue weighted by Crippen LogP contribution is 2.14. The van der Waals surface area contributed by atoms with Gasteiger partial charge in [-0.15, -0.1) is 0 Å². The fourth-order valence-corrected chi connectivity index (χ4v) is 4.43. The lowest BCUT2D eigenvalue weighted by molar-refractivity contribution is 0.133. The van der Waals surface area contributed by atoms with Gasteiger partial charge in [0, 0.05) is 38.8 Å². The average Bonchev–Trinajstić information content (AvgIpc) is 2.34. The molecule has 0 amide bonds. The maximum Gasteiger partial charge on any atom is 0.214 e. The Labute approximate surface area is 118 Å². The number of hydrogen-bond acceptors (Lipinski definition) is 4. The summed E-state index contributed by atoms with van der Waals surface area (Å²) >= 11 is 0. The molecule has 5 nitrogen and oxygen atoms in total. The molecule has 0 aromatic rings. The number of nitrogens with two attached hydrogens (primary N) is 1. The Morgan fingerprint density at radius 3 is 2.16 bits per heavy atom. The molecular formula is C13H29N3O2S. The van der Waals surface area contributed by atoms with Crippen LogP contribution in [-0.4, -0.2) is 62.1 Å². The molecular weight excluding hydrogens is 262 g/mol. The van der Waals surface area contributed by atoms with Crippen molar-refractivity contribution in [3.8, 4) is 0 Å². The van der Waals surface area contributed by atoms with Crippen molar-refractivity contribution in [1.82, 2.24) is 9.21 Å². The van der Waals surface area contributed by atoms with Crippen LogP contribution in [0.4, 0.5) is 0 Å². The molecule has 1 aliphatic rings. The van der Waals surface area contributed by atoms with Crippen LogP contribution in [0.1, 0.15) is 33.6 Å². The normalized spacial score (nSPS) is 20.9. The molecule has 0 aliphatic carbocycles. The van der Waals surface area contributed by atoms with Gasteiger partial charge >= 0.3 is 0 Å². The lowest BCUT2D eigenvalue weighted by atomic mass is 10.1. The van der Waals surface area contributed by atoms with Crippen molar-refractivity contribution in [1.29, 1.82) is 0 Å². The van der Waals surface area contributed by atoms with Crippen LogP contribution in [-0.2, 0) is 10.0 Å². The summed E-state index contributed by atoms with van der Waals surface area (Å²) in [5.74, 6) is 0.433. The minimum atomic E-state index is -3.08. The highest BCUT2D eigenvalue weighted by atomic mass is 32.2. The van der Waals surface area contributed by atoms with Gasteiger partial charge in [-0.2, -0.15) is 4.31 Å². The zero-order valence-corrected chi connectivity index (χ0v) is 13.3. The smallest absolute Gasteiger partial charge is 0.214 e. The van der Waals surface area contributed by atoms with Gasteiger partial charge in [-0.05, 0) is 12.3 Å². The summed E-state index contributed by atoms with van der Waals surface area (Å²) in [5, 5.41) is 0. The van der Waals surface area contributed by atoms with E-state index in [9.17, 15) is 8.42 Å². The maximum absolute atomic E-state index is 12.2. The topological polar surface area (TPSA) is 66.6 Å². The first-order valence-corrected chi connectivity index (χ1v) is 8.93. The van der Waals surface area contributed by atoms with Crippen LogP contribution in [0.5, 0.6) is 0 Å². The monoisotopic (exact) mass is 291 g/mol. The second-order valence-electron chi connectivity index (χ2n) is 5.79. The molecule has 6 heteroatoms. The largest absolute Gasteiger partial charge is 0.329 e. The molecule has 114 valence electrons. The van der Waals surface area contributed by atoms with E-state index in [-0.39, 0.29) is 11.7 Å². The Kier molecular flexibility index (Phi) is 6.73. The van der Waals surface area contributed by atoms with E-state index in [4.69, 9.17) is 5.73 Å². The molecule has 0 aromatic carbocycles. The lowest BCUT2D eigenvalue weighted by Crippen LogP contribution is -2.54. The molecule has 1 fully saturated rings. The predicted molar refractivity (Wildman–Crippen MR) is 79.5 cm³/mol. The van der Waals surface area contributed by atoms with Crippen molar-refractivity contribution in [3.05, 3.63) is 0 Å². The lowest BCUT2D eigenvalue weighted by Gasteiger charge is -2.38. The Balaban J connectivity index is 2.52. The van der Waals surface area contributed by atoms with Gasteiger partial charge in [0.05, 0.1) is 5.75 Å². The van der Waals surface area contributed by atoms with Crippen molar-refractivity contribution < 1.29 is 8.42 Å². The SMILES string of the molecule is CCCC(CN)N1CCN(S(=O)(=O)CC(C)C)CC1. The standard InChI is InChI=1S/C13H29N3O2S/c1-4-5-13(10-14)15-6-8-16(9-7-15)19(17,18)11-12(2)3/h12-13H,4-11,14H2,1-3H3. The second kappa shape index (κ2) is 7.57. The summed E-state index contributed by atoms with van der Waals surface area (Å²) < 4.78 is 25.9. The van der Waals surface area contributed by atoms with Gasteiger partial charge in [0.2, 0.25) is 10.0 Å². The van der Waals surface area contributed by atoms with Crippen LogP contribution in [0.25, 0.3) is 0 Å². The summed E-state index contributed by atoms with van der Waals surface area (Å²) in [4.78, 5) is 2.34. The molecule has 0 saturated carbocycles. The van der Waals surface area contributed by atoms with E-state index in [0.29, 0.717) is 25.7 Å². The third-order valence-corrected chi connectivity index (χ3v) is 5.86. The molecule has 1 atom stereocenters. The fraction of sp³-hybridized carbons (Fsp3) is 1.00. The summed E-state index contributed by atoms with van der Waals surface area (Å²) in [6.45, 7) is 9.53. The maximum atomic E-state index is 12.2. The fourth-order valence-electron chi connectivity index (χ4n) is 2.66. The Bertz CT molecular complexity index is 349. The van der Waals surface area contributed by atoms with Crippen molar-refractivity contribution in [2.75, 3.05) is 38.5 Å². The zero-order chi connectivity index (χ0) is 14.5. The van der Waals surface area contributed by atoms with E-state index in [1.165, 1.54) is 0 Å².